The quantitative estimate of drug-likeness (QED) is 0.123. The number of fused-ring (bicyclic) bond motifs is 1. The number of carbonyl (C=O) groups excluding carboxylic acids is 3. The molecule has 14 heteroatoms. The number of oxazole rings is 1. The van der Waals surface area contributed by atoms with E-state index in [1.54, 1.807) is 35.3 Å². The third-order valence-electron chi connectivity index (χ3n) is 5.21. The summed E-state index contributed by atoms with van der Waals surface area (Å²) in [6, 6.07) is 2.45. The van der Waals surface area contributed by atoms with Crippen LogP contribution in [0.15, 0.2) is 69.4 Å². The van der Waals surface area contributed by atoms with Crippen LogP contribution in [0.5, 0.6) is 0 Å². The van der Waals surface area contributed by atoms with Crippen LogP contribution in [0.3, 0.4) is 0 Å². The predicted molar refractivity (Wildman–Crippen MR) is 115 cm³/mol. The lowest BCUT2D eigenvalue weighted by molar-refractivity contribution is -0.689. The number of hydrogen-bond acceptors (Lipinski definition) is 10. The molecule has 1 saturated heterocycles. The van der Waals surface area contributed by atoms with Crippen molar-refractivity contribution < 1.29 is 33.6 Å². The molecular formula is C20H16ClN5O7S. The number of halogens is 1. The molecule has 0 aliphatic carbocycles. The third kappa shape index (κ3) is 4.26. The Morgan fingerprint density at radius 1 is 1.41 bits per heavy atom. The number of carboxylic acid groups (broad SMARTS) is 1. The van der Waals surface area contributed by atoms with Crippen LogP contribution in [0, 0.1) is 4.91 Å². The topological polar surface area (TPSA) is 169 Å². The van der Waals surface area contributed by atoms with Crippen LogP contribution >= 0.6 is 23.4 Å². The normalized spacial score (nSPS) is 20.3. The molecule has 2 aliphatic rings. The second kappa shape index (κ2) is 9.65. The molecule has 0 bridgehead atoms. The van der Waals surface area contributed by atoms with Crippen molar-refractivity contribution in [3.05, 3.63) is 64.8 Å². The predicted octanol–water partition coefficient (Wildman–Crippen LogP) is -0.192. The van der Waals surface area contributed by atoms with E-state index >= 15 is 0 Å². The van der Waals surface area contributed by atoms with Gasteiger partial charge in [0.15, 0.2) is 31.1 Å². The molecular weight excluding hydrogens is 490 g/mol. The van der Waals surface area contributed by atoms with Gasteiger partial charge in [0.2, 0.25) is 5.70 Å². The van der Waals surface area contributed by atoms with Crippen LogP contribution in [0.2, 0.25) is 0 Å². The Morgan fingerprint density at radius 2 is 2.15 bits per heavy atom. The first-order chi connectivity index (χ1) is 16.3. The van der Waals surface area contributed by atoms with E-state index in [9.17, 15) is 29.5 Å². The van der Waals surface area contributed by atoms with Gasteiger partial charge in [-0.05, 0) is 5.18 Å². The first-order valence-corrected chi connectivity index (χ1v) is 11.3. The van der Waals surface area contributed by atoms with Crippen molar-refractivity contribution in [2.75, 3.05) is 11.6 Å². The average molecular weight is 506 g/mol. The summed E-state index contributed by atoms with van der Waals surface area (Å²) in [5.74, 6) is -3.72. The maximum Gasteiger partial charge on any atom is 0.277 e. The van der Waals surface area contributed by atoms with Gasteiger partial charge in [0.1, 0.15) is 17.2 Å². The summed E-state index contributed by atoms with van der Waals surface area (Å²) < 4.78 is 6.98. The van der Waals surface area contributed by atoms with Gasteiger partial charge in [-0.15, -0.1) is 28.3 Å². The van der Waals surface area contributed by atoms with Crippen molar-refractivity contribution in [1.29, 1.82) is 0 Å². The molecule has 1 fully saturated rings. The molecule has 0 aromatic carbocycles. The number of nitroso groups, excluding NO2 is 1. The smallest absolute Gasteiger partial charge is 0.277 e. The fraction of sp³-hybridized carbons (Fsp3) is 0.250. The van der Waals surface area contributed by atoms with E-state index in [0.717, 1.165) is 10.5 Å². The number of β-lactam (4-membered cyclic amide) rings is 1. The molecule has 0 unspecified atom stereocenters. The lowest BCUT2D eigenvalue weighted by Gasteiger charge is -2.50. The molecule has 2 N–H and O–H groups in total. The van der Waals surface area contributed by atoms with E-state index in [0.29, 0.717) is 11.3 Å². The molecule has 0 saturated carbocycles. The van der Waals surface area contributed by atoms with E-state index in [1.807, 2.05) is 0 Å². The van der Waals surface area contributed by atoms with Crippen LogP contribution < -0.4 is 15.0 Å². The first-order valence-electron chi connectivity index (χ1n) is 9.74. The Bertz CT molecular complexity index is 1210. The van der Waals surface area contributed by atoms with Crippen LogP contribution in [0.4, 0.5) is 0 Å². The zero-order valence-electron chi connectivity index (χ0n) is 17.2. The summed E-state index contributed by atoms with van der Waals surface area (Å²) >= 11 is 6.65. The number of alkyl halides is 1. The van der Waals surface area contributed by atoms with E-state index < -0.39 is 46.5 Å². The summed E-state index contributed by atoms with van der Waals surface area (Å²) in [4.78, 5) is 52.6. The number of thioether (sulfide) groups is 1. The summed E-state index contributed by atoms with van der Waals surface area (Å²) in [6.07, 6.45) is 6.36. The standard InChI is InChI=1S/C20H16ClN5O7S/c21-5-12(27)14(24-32)17(28)23-15-18(29)26-16(20(30)31)11(8-34-19(15)26)7-25-3-1-10(2-4-25)13-6-22-9-33-13/h1-4,6,9,15,19H,5,7-8H2,(H2-,23,27,28,30,31,32)/t15-,19-/m1/s1. The van der Waals surface area contributed by atoms with E-state index in [1.165, 1.54) is 18.2 Å². The molecule has 2 aromatic rings. The Labute approximate surface area is 200 Å². The van der Waals surface area contributed by atoms with Crippen molar-refractivity contribution in [1.82, 2.24) is 15.2 Å². The van der Waals surface area contributed by atoms with Crippen molar-refractivity contribution in [2.24, 2.45) is 5.18 Å². The molecule has 2 aromatic heterocycles. The van der Waals surface area contributed by atoms with Gasteiger partial charge in [-0.2, -0.15) is 0 Å². The summed E-state index contributed by atoms with van der Waals surface area (Å²) in [5.41, 5.74) is 0.130. The fourth-order valence-electron chi connectivity index (χ4n) is 3.60. The monoisotopic (exact) mass is 505 g/mol. The lowest BCUT2D eigenvalue weighted by atomic mass is 10.0. The number of aromatic nitrogens is 2. The SMILES string of the molecule is O=N/C(C(=O)N[C@@H]1C(=O)N2C(C(=O)[O-])=C(C[n+]3ccc(-c4cnco4)cc3)CS[C@H]12)=C(/O)CCl. The Morgan fingerprint density at radius 3 is 2.74 bits per heavy atom. The van der Waals surface area contributed by atoms with Gasteiger partial charge in [0.25, 0.3) is 11.8 Å². The van der Waals surface area contributed by atoms with Gasteiger partial charge in [0, 0.05) is 29.0 Å². The maximum atomic E-state index is 12.7. The molecule has 4 rings (SSSR count). The highest BCUT2D eigenvalue weighted by Gasteiger charge is 2.53. The molecule has 4 heterocycles. The van der Waals surface area contributed by atoms with Crippen LogP contribution in [0.1, 0.15) is 0 Å². The molecule has 176 valence electrons. The number of hydrogen-bond donors (Lipinski definition) is 2. The zero-order valence-corrected chi connectivity index (χ0v) is 18.8. The number of aliphatic hydroxyl groups is 1. The van der Waals surface area contributed by atoms with Crippen LogP contribution in [-0.4, -0.2) is 55.8 Å². The molecule has 0 radical (unpaired) electrons. The van der Waals surface area contributed by atoms with Gasteiger partial charge in [-0.1, -0.05) is 0 Å². The Kier molecular flexibility index (Phi) is 6.65. The minimum absolute atomic E-state index is 0.187. The molecule has 12 nitrogen and oxygen atoms in total. The summed E-state index contributed by atoms with van der Waals surface area (Å²) in [6.45, 7) is 0.187. The Hall–Kier alpha value is -3.71. The maximum absolute atomic E-state index is 12.7. The third-order valence-corrected chi connectivity index (χ3v) is 6.81. The second-order valence-electron chi connectivity index (χ2n) is 7.25. The number of nitrogens with one attached hydrogen (secondary N) is 1. The number of amides is 2. The van der Waals surface area contributed by atoms with Gasteiger partial charge in [-0.25, -0.2) is 9.55 Å². The van der Waals surface area contributed by atoms with Crippen LogP contribution in [0.25, 0.3) is 11.3 Å². The zero-order chi connectivity index (χ0) is 24.4. The highest BCUT2D eigenvalue weighted by atomic mass is 35.5. The number of allylic oxidation sites excluding steroid dienone is 1. The highest BCUT2D eigenvalue weighted by Crippen LogP contribution is 2.40. The fourth-order valence-corrected chi connectivity index (χ4v) is 5.06. The number of aliphatic hydroxyl groups excluding tert-OH is 1. The Balaban J connectivity index is 1.52. The van der Waals surface area contributed by atoms with E-state index in [-0.39, 0.29) is 18.0 Å². The minimum Gasteiger partial charge on any atom is -0.543 e. The van der Waals surface area contributed by atoms with Crippen molar-refractivity contribution >= 4 is 41.1 Å². The highest BCUT2D eigenvalue weighted by molar-refractivity contribution is 8.00. The van der Waals surface area contributed by atoms with Crippen molar-refractivity contribution in [3.63, 3.8) is 0 Å². The molecule has 2 aliphatic heterocycles. The molecule has 0 spiro atoms. The molecule has 2 atom stereocenters. The van der Waals surface area contributed by atoms with E-state index in [4.69, 9.17) is 16.0 Å². The van der Waals surface area contributed by atoms with Gasteiger partial charge >= 0.3 is 0 Å². The molecule has 2 amide bonds. The minimum atomic E-state index is -1.52. The van der Waals surface area contributed by atoms with Crippen molar-refractivity contribution in [3.8, 4) is 11.3 Å². The summed E-state index contributed by atoms with van der Waals surface area (Å²) in [5, 5.41) is 25.5. The number of carboxylic acids is 1. The first kappa shape index (κ1) is 23.4. The van der Waals surface area contributed by atoms with E-state index in [2.05, 4.69) is 15.5 Å². The van der Waals surface area contributed by atoms with Crippen LogP contribution in [-0.2, 0) is 20.9 Å². The summed E-state index contributed by atoms with van der Waals surface area (Å²) in [7, 11) is 0. The second-order valence-corrected chi connectivity index (χ2v) is 8.62. The van der Waals surface area contributed by atoms with Gasteiger partial charge in [0.05, 0.1) is 23.7 Å². The van der Waals surface area contributed by atoms with Gasteiger partial charge < -0.3 is 24.7 Å². The van der Waals surface area contributed by atoms with Crippen molar-refractivity contribution in [2.45, 2.75) is 18.0 Å². The lowest BCUT2D eigenvalue weighted by Crippen LogP contribution is -2.71. The number of aliphatic carboxylic acids is 1. The average Bonchev–Trinajstić information content (AvgIpc) is 3.38. The molecule has 34 heavy (non-hydrogen) atoms. The number of carbonyl (C=O) groups is 3. The largest absolute Gasteiger partial charge is 0.543 e. The number of nitrogens with zero attached hydrogens (tertiary/aromatic N) is 4. The van der Waals surface area contributed by atoms with Gasteiger partial charge in [-0.3, -0.25) is 14.5 Å². The number of rotatable bonds is 8. The number of pyridine rings is 1.